The molecule has 5 rings (SSSR count). The van der Waals surface area contributed by atoms with Crippen LogP contribution in [0.5, 0.6) is 0 Å². The average Bonchev–Trinajstić information content (AvgIpc) is 2.59. The van der Waals surface area contributed by atoms with Gasteiger partial charge < -0.3 is 0 Å². The van der Waals surface area contributed by atoms with Crippen LogP contribution in [0.25, 0.3) is 0 Å². The fraction of sp³-hybridized carbons (Fsp3) is 0.900. The predicted octanol–water partition coefficient (Wildman–Crippen LogP) is 0.124. The Morgan fingerprint density at radius 2 is 1.85 bits per heavy atom. The van der Waals surface area contributed by atoms with Crippen LogP contribution in [-0.4, -0.2) is 5.91 Å². The van der Waals surface area contributed by atoms with Crippen molar-refractivity contribution in [3.05, 3.63) is 0 Å². The Kier molecular flexibility index (Phi) is 0.934. The van der Waals surface area contributed by atoms with Crippen molar-refractivity contribution >= 4 is 5.91 Å². The van der Waals surface area contributed by atoms with Crippen molar-refractivity contribution in [3.63, 3.8) is 0 Å². The minimum atomic E-state index is 0.100. The number of nitrogens with one attached hydrogen (secondary N) is 1. The maximum absolute atomic E-state index is 11.5. The van der Waals surface area contributed by atoms with Gasteiger partial charge in [0.15, 0.2) is 0 Å². The van der Waals surface area contributed by atoms with Crippen LogP contribution in [0.2, 0.25) is 0 Å². The molecule has 3 heteroatoms. The molecule has 0 aromatic carbocycles. The number of hydrazine groups is 1. The summed E-state index contributed by atoms with van der Waals surface area (Å²) in [5.41, 5.74) is 2.33. The molecule has 5 aliphatic rings. The Bertz CT molecular complexity index is 303. The molecular formula is C10H14N2O. The van der Waals surface area contributed by atoms with Crippen molar-refractivity contribution in [3.8, 4) is 0 Å². The van der Waals surface area contributed by atoms with Crippen molar-refractivity contribution < 1.29 is 4.79 Å². The number of hydrogen-bond acceptors (Lipinski definition) is 2. The quantitative estimate of drug-likeness (QED) is 0.340. The lowest BCUT2D eigenvalue weighted by molar-refractivity contribution is -0.126. The first-order valence-corrected chi connectivity index (χ1v) is 5.33. The summed E-state index contributed by atoms with van der Waals surface area (Å²) in [6, 6.07) is 0. The average molecular weight is 178 g/mol. The van der Waals surface area contributed by atoms with Gasteiger partial charge >= 0.3 is 0 Å². The lowest BCUT2D eigenvalue weighted by Gasteiger charge is -2.19. The van der Waals surface area contributed by atoms with Crippen molar-refractivity contribution in [2.24, 2.45) is 47.3 Å². The summed E-state index contributed by atoms with van der Waals surface area (Å²) in [6.07, 6.45) is 2.56. The van der Waals surface area contributed by atoms with Gasteiger partial charge in [-0.25, -0.2) is 5.84 Å². The molecule has 0 unspecified atom stereocenters. The maximum Gasteiger partial charge on any atom is 0.237 e. The second-order valence-corrected chi connectivity index (χ2v) is 5.31. The second-order valence-electron chi connectivity index (χ2n) is 5.31. The van der Waals surface area contributed by atoms with Gasteiger partial charge in [-0.2, -0.15) is 0 Å². The zero-order valence-electron chi connectivity index (χ0n) is 7.44. The number of hydrogen-bond donors (Lipinski definition) is 2. The summed E-state index contributed by atoms with van der Waals surface area (Å²) in [6.45, 7) is 0. The molecule has 6 bridgehead atoms. The van der Waals surface area contributed by atoms with Gasteiger partial charge in [0, 0.05) is 5.92 Å². The van der Waals surface area contributed by atoms with Crippen molar-refractivity contribution in [2.75, 3.05) is 0 Å². The highest BCUT2D eigenvalue weighted by atomic mass is 16.2. The molecule has 1 amide bonds. The highest BCUT2D eigenvalue weighted by molar-refractivity contribution is 5.79. The Balaban J connectivity index is 1.70. The molecule has 7 atom stereocenters. The minimum absolute atomic E-state index is 0.100. The molecule has 13 heavy (non-hydrogen) atoms. The molecule has 70 valence electrons. The third-order valence-corrected chi connectivity index (χ3v) is 5.29. The van der Waals surface area contributed by atoms with Crippen LogP contribution >= 0.6 is 0 Å². The van der Waals surface area contributed by atoms with E-state index in [1.807, 2.05) is 0 Å². The van der Waals surface area contributed by atoms with E-state index in [1.54, 1.807) is 0 Å². The maximum atomic E-state index is 11.5. The van der Waals surface area contributed by atoms with Crippen LogP contribution in [0.1, 0.15) is 12.8 Å². The molecule has 0 saturated heterocycles. The van der Waals surface area contributed by atoms with E-state index in [-0.39, 0.29) is 11.8 Å². The van der Waals surface area contributed by atoms with Gasteiger partial charge in [0.2, 0.25) is 5.91 Å². The first kappa shape index (κ1) is 6.82. The van der Waals surface area contributed by atoms with Crippen LogP contribution in [0.3, 0.4) is 0 Å². The van der Waals surface area contributed by atoms with Gasteiger partial charge in [-0.15, -0.1) is 0 Å². The van der Waals surface area contributed by atoms with E-state index in [0.717, 1.165) is 41.9 Å². The Labute approximate surface area is 77.0 Å². The van der Waals surface area contributed by atoms with Gasteiger partial charge in [-0.05, 0) is 48.3 Å². The molecule has 5 saturated carbocycles. The van der Waals surface area contributed by atoms with Crippen molar-refractivity contribution in [1.29, 1.82) is 0 Å². The monoisotopic (exact) mass is 178 g/mol. The molecule has 0 aromatic rings. The topological polar surface area (TPSA) is 55.1 Å². The van der Waals surface area contributed by atoms with E-state index in [1.165, 1.54) is 6.42 Å². The molecule has 3 N–H and O–H groups in total. The van der Waals surface area contributed by atoms with E-state index in [2.05, 4.69) is 5.43 Å². The van der Waals surface area contributed by atoms with E-state index in [4.69, 9.17) is 5.84 Å². The van der Waals surface area contributed by atoms with Crippen LogP contribution in [0.4, 0.5) is 0 Å². The molecular weight excluding hydrogens is 164 g/mol. The molecule has 3 nitrogen and oxygen atoms in total. The number of carbonyl (C=O) groups is 1. The fourth-order valence-corrected chi connectivity index (χ4v) is 5.13. The Morgan fingerprint density at radius 3 is 2.38 bits per heavy atom. The van der Waals surface area contributed by atoms with Crippen molar-refractivity contribution in [1.82, 2.24) is 5.43 Å². The number of carbonyl (C=O) groups excluding carboxylic acids is 1. The fourth-order valence-electron chi connectivity index (χ4n) is 5.13. The van der Waals surface area contributed by atoms with E-state index >= 15 is 0 Å². The molecule has 5 fully saturated rings. The molecule has 5 aliphatic carbocycles. The summed E-state index contributed by atoms with van der Waals surface area (Å²) < 4.78 is 0. The lowest BCUT2D eigenvalue weighted by atomic mass is 9.88. The highest BCUT2D eigenvalue weighted by Gasteiger charge is 2.78. The number of amides is 1. The standard InChI is InChI=1S/C10H14N2O/c11-12-10(13)6-2-4-3-1-5-7(4)9(5)8(3)6/h3-9H,1-2,11H2,(H,12,13)/t3-,4+,5+,6+,7+,8-,9+/m1/s1. The van der Waals surface area contributed by atoms with Crippen LogP contribution in [-0.2, 0) is 4.79 Å². The zero-order chi connectivity index (χ0) is 8.74. The SMILES string of the molecule is NNC(=O)[C@H]1C[C@H]2[C@H]3C[C@H]4[C@H]2[C@H]4[C@H]31. The highest BCUT2D eigenvalue weighted by Crippen LogP contribution is 2.81. The third-order valence-electron chi connectivity index (χ3n) is 5.29. The van der Waals surface area contributed by atoms with Crippen molar-refractivity contribution in [2.45, 2.75) is 12.8 Å². The molecule has 0 aliphatic heterocycles. The summed E-state index contributed by atoms with van der Waals surface area (Å²) in [7, 11) is 0. The van der Waals surface area contributed by atoms with E-state index in [0.29, 0.717) is 0 Å². The Hall–Kier alpha value is -0.570. The zero-order valence-corrected chi connectivity index (χ0v) is 7.44. The first-order chi connectivity index (χ1) is 6.33. The molecule has 0 heterocycles. The van der Waals surface area contributed by atoms with Gasteiger partial charge in [0.05, 0.1) is 0 Å². The summed E-state index contributed by atoms with van der Waals surface area (Å²) >= 11 is 0. The third kappa shape index (κ3) is 0.539. The molecule has 0 aromatic heterocycles. The summed E-state index contributed by atoms with van der Waals surface area (Å²) in [4.78, 5) is 11.5. The smallest absolute Gasteiger partial charge is 0.237 e. The minimum Gasteiger partial charge on any atom is -0.294 e. The largest absolute Gasteiger partial charge is 0.294 e. The lowest BCUT2D eigenvalue weighted by Crippen LogP contribution is -2.38. The van der Waals surface area contributed by atoms with E-state index in [9.17, 15) is 4.79 Å². The molecule has 0 radical (unpaired) electrons. The normalized spacial score (nSPS) is 64.2. The van der Waals surface area contributed by atoms with Crippen LogP contribution in [0.15, 0.2) is 0 Å². The van der Waals surface area contributed by atoms with Gasteiger partial charge in [-0.3, -0.25) is 10.2 Å². The molecule has 0 spiro atoms. The Morgan fingerprint density at radius 1 is 1.08 bits per heavy atom. The number of nitrogens with two attached hydrogens (primary N) is 1. The first-order valence-electron chi connectivity index (χ1n) is 5.33. The van der Waals surface area contributed by atoms with Crippen LogP contribution in [0, 0.1) is 41.4 Å². The van der Waals surface area contributed by atoms with Crippen LogP contribution < -0.4 is 11.3 Å². The number of rotatable bonds is 1. The summed E-state index contributed by atoms with van der Waals surface area (Å²) in [5.74, 6) is 11.1. The summed E-state index contributed by atoms with van der Waals surface area (Å²) in [5, 5.41) is 0. The van der Waals surface area contributed by atoms with Gasteiger partial charge in [0.1, 0.15) is 0 Å². The second kappa shape index (κ2) is 1.78. The van der Waals surface area contributed by atoms with Gasteiger partial charge in [-0.1, -0.05) is 0 Å². The van der Waals surface area contributed by atoms with E-state index < -0.39 is 0 Å². The predicted molar refractivity (Wildman–Crippen MR) is 46.0 cm³/mol. The van der Waals surface area contributed by atoms with Gasteiger partial charge in [0.25, 0.3) is 0 Å².